The molecular formula is C15H21NO2. The van der Waals surface area contributed by atoms with Crippen LogP contribution in [0.1, 0.15) is 37.0 Å². The SMILES string of the molecule is CCC(C)C=NCCCOC(=O)c1ccccc1. The Morgan fingerprint density at radius 3 is 2.78 bits per heavy atom. The fourth-order valence-corrected chi connectivity index (χ4v) is 1.34. The molecule has 0 heterocycles. The van der Waals surface area contributed by atoms with Crippen LogP contribution in [0.25, 0.3) is 0 Å². The number of esters is 1. The summed E-state index contributed by atoms with van der Waals surface area (Å²) in [5, 5.41) is 0. The van der Waals surface area contributed by atoms with E-state index in [-0.39, 0.29) is 5.97 Å². The van der Waals surface area contributed by atoms with Crippen molar-refractivity contribution in [3.05, 3.63) is 35.9 Å². The van der Waals surface area contributed by atoms with Crippen LogP contribution in [-0.4, -0.2) is 25.3 Å². The smallest absolute Gasteiger partial charge is 0.338 e. The third-order valence-corrected chi connectivity index (χ3v) is 2.68. The summed E-state index contributed by atoms with van der Waals surface area (Å²) in [7, 11) is 0. The van der Waals surface area contributed by atoms with Crippen molar-refractivity contribution in [1.29, 1.82) is 0 Å². The number of carbonyl (C=O) groups excluding carboxylic acids is 1. The topological polar surface area (TPSA) is 38.7 Å². The monoisotopic (exact) mass is 247 g/mol. The molecule has 0 N–H and O–H groups in total. The van der Waals surface area contributed by atoms with Gasteiger partial charge in [-0.3, -0.25) is 4.99 Å². The van der Waals surface area contributed by atoms with Gasteiger partial charge in [-0.15, -0.1) is 0 Å². The molecule has 1 unspecified atom stereocenters. The van der Waals surface area contributed by atoms with Crippen LogP contribution >= 0.6 is 0 Å². The van der Waals surface area contributed by atoms with Gasteiger partial charge in [0.2, 0.25) is 0 Å². The van der Waals surface area contributed by atoms with Crippen molar-refractivity contribution in [3.63, 3.8) is 0 Å². The number of nitrogens with zero attached hydrogens (tertiary/aromatic N) is 1. The average Bonchev–Trinajstić information content (AvgIpc) is 2.43. The van der Waals surface area contributed by atoms with E-state index >= 15 is 0 Å². The first-order chi connectivity index (χ1) is 8.74. The molecule has 0 aliphatic heterocycles. The lowest BCUT2D eigenvalue weighted by Crippen LogP contribution is -2.07. The average molecular weight is 247 g/mol. The summed E-state index contributed by atoms with van der Waals surface area (Å²) in [6, 6.07) is 9.03. The molecule has 0 aromatic heterocycles. The van der Waals surface area contributed by atoms with Gasteiger partial charge in [0.1, 0.15) is 0 Å². The summed E-state index contributed by atoms with van der Waals surface area (Å²) in [5.74, 6) is 0.262. The minimum Gasteiger partial charge on any atom is -0.462 e. The third-order valence-electron chi connectivity index (χ3n) is 2.68. The molecule has 0 saturated carbocycles. The van der Waals surface area contributed by atoms with E-state index in [1.54, 1.807) is 12.1 Å². The number of carbonyl (C=O) groups is 1. The molecule has 0 radical (unpaired) electrons. The molecular weight excluding hydrogens is 226 g/mol. The van der Waals surface area contributed by atoms with Crippen LogP contribution in [0, 0.1) is 5.92 Å². The molecule has 1 atom stereocenters. The van der Waals surface area contributed by atoms with Crippen molar-refractivity contribution in [1.82, 2.24) is 0 Å². The summed E-state index contributed by atoms with van der Waals surface area (Å²) in [5.41, 5.74) is 0.598. The van der Waals surface area contributed by atoms with Crippen LogP contribution in [0.15, 0.2) is 35.3 Å². The van der Waals surface area contributed by atoms with E-state index in [1.165, 1.54) is 0 Å². The maximum Gasteiger partial charge on any atom is 0.338 e. The van der Waals surface area contributed by atoms with Gasteiger partial charge in [0.25, 0.3) is 0 Å². The van der Waals surface area contributed by atoms with Crippen LogP contribution in [0.4, 0.5) is 0 Å². The summed E-state index contributed by atoms with van der Waals surface area (Å²) in [6.07, 6.45) is 3.84. The van der Waals surface area contributed by atoms with Gasteiger partial charge in [-0.1, -0.05) is 32.0 Å². The predicted octanol–water partition coefficient (Wildman–Crippen LogP) is 3.35. The Labute approximate surface area is 109 Å². The highest BCUT2D eigenvalue weighted by Crippen LogP contribution is 2.01. The molecule has 98 valence electrons. The largest absolute Gasteiger partial charge is 0.462 e. The zero-order chi connectivity index (χ0) is 13.2. The molecule has 1 aromatic rings. The first-order valence-electron chi connectivity index (χ1n) is 6.46. The second-order valence-corrected chi connectivity index (χ2v) is 4.30. The van der Waals surface area contributed by atoms with E-state index < -0.39 is 0 Å². The third kappa shape index (κ3) is 5.62. The van der Waals surface area contributed by atoms with Crippen molar-refractivity contribution < 1.29 is 9.53 Å². The molecule has 18 heavy (non-hydrogen) atoms. The van der Waals surface area contributed by atoms with Crippen molar-refractivity contribution in [3.8, 4) is 0 Å². The van der Waals surface area contributed by atoms with E-state index in [2.05, 4.69) is 18.8 Å². The van der Waals surface area contributed by atoms with Crippen LogP contribution < -0.4 is 0 Å². The normalized spacial score (nSPS) is 12.6. The summed E-state index contributed by atoms with van der Waals surface area (Å²) >= 11 is 0. The molecule has 0 fully saturated rings. The van der Waals surface area contributed by atoms with Gasteiger partial charge in [0.05, 0.1) is 12.2 Å². The summed E-state index contributed by atoms with van der Waals surface area (Å²) < 4.78 is 5.15. The van der Waals surface area contributed by atoms with Crippen LogP contribution in [0.2, 0.25) is 0 Å². The Kier molecular flexibility index (Phi) is 6.77. The molecule has 0 aliphatic carbocycles. The van der Waals surface area contributed by atoms with E-state index in [0.29, 0.717) is 24.6 Å². The number of benzene rings is 1. The van der Waals surface area contributed by atoms with Gasteiger partial charge in [0, 0.05) is 19.2 Å². The number of hydrogen-bond acceptors (Lipinski definition) is 3. The predicted molar refractivity (Wildman–Crippen MR) is 74.2 cm³/mol. The number of rotatable bonds is 7. The molecule has 0 saturated heterocycles. The van der Waals surface area contributed by atoms with Crippen LogP contribution in [-0.2, 0) is 4.74 Å². The van der Waals surface area contributed by atoms with E-state index in [4.69, 9.17) is 4.74 Å². The first-order valence-corrected chi connectivity index (χ1v) is 6.46. The summed E-state index contributed by atoms with van der Waals surface area (Å²) in [4.78, 5) is 15.9. The lowest BCUT2D eigenvalue weighted by Gasteiger charge is -2.03. The quantitative estimate of drug-likeness (QED) is 0.421. The zero-order valence-corrected chi connectivity index (χ0v) is 11.1. The Morgan fingerprint density at radius 2 is 2.11 bits per heavy atom. The lowest BCUT2D eigenvalue weighted by atomic mass is 10.1. The second kappa shape index (κ2) is 8.45. The first kappa shape index (κ1) is 14.4. The van der Waals surface area contributed by atoms with E-state index in [9.17, 15) is 4.79 Å². The molecule has 0 amide bonds. The second-order valence-electron chi connectivity index (χ2n) is 4.30. The highest BCUT2D eigenvalue weighted by Gasteiger charge is 2.04. The maximum absolute atomic E-state index is 11.6. The van der Waals surface area contributed by atoms with Crippen molar-refractivity contribution in [2.24, 2.45) is 10.9 Å². The summed E-state index contributed by atoms with van der Waals surface area (Å²) in [6.45, 7) is 5.41. The molecule has 3 heteroatoms. The standard InChI is InChI=1S/C15H21NO2/c1-3-13(2)12-16-10-7-11-18-15(17)14-8-5-4-6-9-14/h4-6,8-9,12-13H,3,7,10-11H2,1-2H3. The Bertz CT molecular complexity index is 373. The fraction of sp³-hybridized carbons (Fsp3) is 0.467. The Hall–Kier alpha value is -1.64. The molecule has 0 aliphatic rings. The molecule has 1 rings (SSSR count). The van der Waals surface area contributed by atoms with Gasteiger partial charge in [-0.25, -0.2) is 4.79 Å². The molecule has 1 aromatic carbocycles. The minimum atomic E-state index is -0.262. The minimum absolute atomic E-state index is 0.262. The number of ether oxygens (including phenoxy) is 1. The van der Waals surface area contributed by atoms with Gasteiger partial charge < -0.3 is 4.74 Å². The van der Waals surface area contributed by atoms with E-state index in [1.807, 2.05) is 24.4 Å². The van der Waals surface area contributed by atoms with Gasteiger partial charge in [-0.2, -0.15) is 0 Å². The Morgan fingerprint density at radius 1 is 1.39 bits per heavy atom. The zero-order valence-electron chi connectivity index (χ0n) is 11.1. The van der Waals surface area contributed by atoms with Gasteiger partial charge >= 0.3 is 5.97 Å². The number of hydrogen-bond donors (Lipinski definition) is 0. The van der Waals surface area contributed by atoms with Crippen LogP contribution in [0.5, 0.6) is 0 Å². The Balaban J connectivity index is 2.15. The lowest BCUT2D eigenvalue weighted by molar-refractivity contribution is 0.0503. The highest BCUT2D eigenvalue weighted by atomic mass is 16.5. The van der Waals surface area contributed by atoms with Crippen molar-refractivity contribution >= 4 is 12.2 Å². The van der Waals surface area contributed by atoms with Gasteiger partial charge in [0.15, 0.2) is 0 Å². The molecule has 0 spiro atoms. The van der Waals surface area contributed by atoms with Crippen molar-refractivity contribution in [2.75, 3.05) is 13.2 Å². The van der Waals surface area contributed by atoms with Crippen molar-refractivity contribution in [2.45, 2.75) is 26.7 Å². The maximum atomic E-state index is 11.6. The highest BCUT2D eigenvalue weighted by molar-refractivity contribution is 5.89. The number of aliphatic imine (C=N–C) groups is 1. The molecule has 3 nitrogen and oxygen atoms in total. The molecule has 0 bridgehead atoms. The fourth-order valence-electron chi connectivity index (χ4n) is 1.34. The van der Waals surface area contributed by atoms with Crippen LogP contribution in [0.3, 0.4) is 0 Å². The van der Waals surface area contributed by atoms with E-state index in [0.717, 1.165) is 12.8 Å². The van der Waals surface area contributed by atoms with Gasteiger partial charge in [-0.05, 0) is 24.5 Å².